The van der Waals surface area contributed by atoms with Gasteiger partial charge in [0.2, 0.25) is 0 Å². The van der Waals surface area contributed by atoms with Gasteiger partial charge in [0.05, 0.1) is 18.7 Å². The Bertz CT molecular complexity index is 840. The minimum absolute atomic E-state index is 0.000703. The number of nitrogens with zero attached hydrogens (tertiary/aromatic N) is 4. The number of aromatic amines is 1. The van der Waals surface area contributed by atoms with E-state index in [1.807, 2.05) is 0 Å². The molecule has 1 aliphatic heterocycles. The van der Waals surface area contributed by atoms with Crippen molar-refractivity contribution in [3.05, 3.63) is 27.9 Å². The van der Waals surface area contributed by atoms with Crippen molar-refractivity contribution in [2.24, 2.45) is 5.92 Å². The number of esters is 1. The van der Waals surface area contributed by atoms with Crippen molar-refractivity contribution in [1.29, 1.82) is 0 Å². The summed E-state index contributed by atoms with van der Waals surface area (Å²) < 4.78 is 6.34. The standard InChI is InChI=1S/C15H19N5O4/c1-3-24-15(23)10-5-4-6-19(8-10)14(22)11-12-13(21)16-9(2)7-20(12)18-17-11/h7,10H,3-6,8H2,1-2H3,(H,16,21)/t10-/m0/s1. The first-order valence-corrected chi connectivity index (χ1v) is 7.92. The van der Waals surface area contributed by atoms with Crippen molar-refractivity contribution >= 4 is 17.4 Å². The van der Waals surface area contributed by atoms with Gasteiger partial charge in [-0.15, -0.1) is 5.10 Å². The van der Waals surface area contributed by atoms with E-state index in [0.717, 1.165) is 0 Å². The molecule has 1 atom stereocenters. The monoisotopic (exact) mass is 333 g/mol. The molecule has 1 fully saturated rings. The lowest BCUT2D eigenvalue weighted by atomic mass is 9.98. The summed E-state index contributed by atoms with van der Waals surface area (Å²) in [4.78, 5) is 41.0. The van der Waals surface area contributed by atoms with E-state index in [9.17, 15) is 14.4 Å². The number of H-pyrrole nitrogens is 1. The number of amides is 1. The molecule has 1 aliphatic rings. The molecule has 3 rings (SSSR count). The van der Waals surface area contributed by atoms with E-state index in [2.05, 4.69) is 15.3 Å². The van der Waals surface area contributed by atoms with Gasteiger partial charge in [0.15, 0.2) is 11.2 Å². The van der Waals surface area contributed by atoms with Crippen molar-refractivity contribution in [2.45, 2.75) is 26.7 Å². The number of carbonyl (C=O) groups is 2. The SMILES string of the molecule is CCOC(=O)[C@H]1CCCN(C(=O)c2nnn3cc(C)[nH]c(=O)c23)C1. The number of aryl methyl sites for hydroxylation is 1. The second-order valence-corrected chi connectivity index (χ2v) is 5.84. The van der Waals surface area contributed by atoms with Crippen LogP contribution in [0.25, 0.3) is 5.52 Å². The quantitative estimate of drug-likeness (QED) is 0.800. The van der Waals surface area contributed by atoms with Gasteiger partial charge in [-0.3, -0.25) is 14.4 Å². The zero-order chi connectivity index (χ0) is 17.3. The number of aromatic nitrogens is 4. The average Bonchev–Trinajstić information content (AvgIpc) is 2.98. The van der Waals surface area contributed by atoms with Crippen LogP contribution in [0.5, 0.6) is 0 Å². The lowest BCUT2D eigenvalue weighted by molar-refractivity contribution is -0.149. The average molecular weight is 333 g/mol. The molecule has 128 valence electrons. The van der Waals surface area contributed by atoms with Crippen LogP contribution in [0, 0.1) is 12.8 Å². The summed E-state index contributed by atoms with van der Waals surface area (Å²) in [6.07, 6.45) is 2.98. The fourth-order valence-corrected chi connectivity index (χ4v) is 2.96. The van der Waals surface area contributed by atoms with Crippen molar-refractivity contribution < 1.29 is 14.3 Å². The Labute approximate surface area is 137 Å². The molecule has 3 heterocycles. The number of rotatable bonds is 3. The number of carbonyl (C=O) groups excluding carboxylic acids is 2. The van der Waals surface area contributed by atoms with E-state index in [1.165, 1.54) is 9.42 Å². The Morgan fingerprint density at radius 3 is 3.00 bits per heavy atom. The summed E-state index contributed by atoms with van der Waals surface area (Å²) >= 11 is 0. The van der Waals surface area contributed by atoms with E-state index in [4.69, 9.17) is 4.74 Å². The summed E-state index contributed by atoms with van der Waals surface area (Å²) in [7, 11) is 0. The minimum Gasteiger partial charge on any atom is -0.466 e. The van der Waals surface area contributed by atoms with Crippen LogP contribution in [0.4, 0.5) is 0 Å². The van der Waals surface area contributed by atoms with Crippen LogP contribution in [-0.2, 0) is 9.53 Å². The van der Waals surface area contributed by atoms with E-state index in [1.54, 1.807) is 20.0 Å². The van der Waals surface area contributed by atoms with E-state index < -0.39 is 11.5 Å². The first kappa shape index (κ1) is 16.2. The van der Waals surface area contributed by atoms with Crippen molar-refractivity contribution in [3.8, 4) is 0 Å². The normalized spacial score (nSPS) is 17.9. The molecular weight excluding hydrogens is 314 g/mol. The van der Waals surface area contributed by atoms with E-state index in [0.29, 0.717) is 31.7 Å². The molecule has 24 heavy (non-hydrogen) atoms. The minimum atomic E-state index is -0.415. The second kappa shape index (κ2) is 6.42. The Morgan fingerprint density at radius 1 is 1.46 bits per heavy atom. The molecule has 1 saturated heterocycles. The number of fused-ring (bicyclic) bond motifs is 1. The van der Waals surface area contributed by atoms with Crippen molar-refractivity contribution in [3.63, 3.8) is 0 Å². The summed E-state index contributed by atoms with van der Waals surface area (Å²) in [5.74, 6) is -1.03. The highest BCUT2D eigenvalue weighted by Crippen LogP contribution is 2.20. The summed E-state index contributed by atoms with van der Waals surface area (Å²) in [6.45, 7) is 4.56. The first-order chi connectivity index (χ1) is 11.5. The summed E-state index contributed by atoms with van der Waals surface area (Å²) in [6, 6.07) is 0. The van der Waals surface area contributed by atoms with E-state index in [-0.39, 0.29) is 29.6 Å². The number of likely N-dealkylation sites (tertiary alicyclic amines) is 1. The van der Waals surface area contributed by atoms with Gasteiger partial charge in [-0.05, 0) is 26.7 Å². The molecule has 0 unspecified atom stereocenters. The van der Waals surface area contributed by atoms with Crippen LogP contribution in [0.2, 0.25) is 0 Å². The van der Waals surface area contributed by atoms with Gasteiger partial charge in [-0.2, -0.15) is 0 Å². The molecule has 1 N–H and O–H groups in total. The fraction of sp³-hybridized carbons (Fsp3) is 0.533. The molecule has 0 aliphatic carbocycles. The molecule has 9 heteroatoms. The van der Waals surface area contributed by atoms with Gasteiger partial charge >= 0.3 is 5.97 Å². The lowest BCUT2D eigenvalue weighted by Crippen LogP contribution is -2.43. The third-order valence-electron chi connectivity index (χ3n) is 4.07. The van der Waals surface area contributed by atoms with Gasteiger partial charge in [0.25, 0.3) is 11.5 Å². The molecular formula is C15H19N5O4. The number of hydrogen-bond donors (Lipinski definition) is 1. The zero-order valence-electron chi connectivity index (χ0n) is 13.6. The molecule has 9 nitrogen and oxygen atoms in total. The van der Waals surface area contributed by atoms with Gasteiger partial charge < -0.3 is 14.6 Å². The number of ether oxygens (including phenoxy) is 1. The van der Waals surface area contributed by atoms with E-state index >= 15 is 0 Å². The molecule has 2 aromatic heterocycles. The molecule has 2 aromatic rings. The maximum absolute atomic E-state index is 12.7. The molecule has 0 saturated carbocycles. The molecule has 0 aromatic carbocycles. The largest absolute Gasteiger partial charge is 0.466 e. The van der Waals surface area contributed by atoms with Crippen LogP contribution < -0.4 is 5.56 Å². The zero-order valence-corrected chi connectivity index (χ0v) is 13.6. The molecule has 0 bridgehead atoms. The Balaban J connectivity index is 1.87. The fourth-order valence-electron chi connectivity index (χ4n) is 2.96. The Morgan fingerprint density at radius 2 is 2.25 bits per heavy atom. The Kier molecular flexibility index (Phi) is 4.32. The third-order valence-corrected chi connectivity index (χ3v) is 4.07. The van der Waals surface area contributed by atoms with Crippen LogP contribution in [0.3, 0.4) is 0 Å². The van der Waals surface area contributed by atoms with Crippen LogP contribution in [-0.4, -0.2) is 56.3 Å². The number of hydrogen-bond acceptors (Lipinski definition) is 6. The number of nitrogens with one attached hydrogen (secondary N) is 1. The highest BCUT2D eigenvalue weighted by molar-refractivity contribution is 5.98. The lowest BCUT2D eigenvalue weighted by Gasteiger charge is -2.30. The highest BCUT2D eigenvalue weighted by atomic mass is 16.5. The molecule has 0 spiro atoms. The van der Waals surface area contributed by atoms with Gasteiger partial charge in [0.1, 0.15) is 0 Å². The predicted octanol–water partition coefficient (Wildman–Crippen LogP) is 0.141. The molecule has 1 amide bonds. The predicted molar refractivity (Wildman–Crippen MR) is 83.6 cm³/mol. The van der Waals surface area contributed by atoms with Crippen molar-refractivity contribution in [2.75, 3.05) is 19.7 Å². The first-order valence-electron chi connectivity index (χ1n) is 7.92. The second-order valence-electron chi connectivity index (χ2n) is 5.84. The maximum Gasteiger partial charge on any atom is 0.310 e. The van der Waals surface area contributed by atoms with Gasteiger partial charge in [0, 0.05) is 18.8 Å². The third kappa shape index (κ3) is 2.89. The van der Waals surface area contributed by atoms with Crippen molar-refractivity contribution in [1.82, 2.24) is 24.7 Å². The summed E-state index contributed by atoms with van der Waals surface area (Å²) in [5.41, 5.74) is 0.323. The van der Waals surface area contributed by atoms with Crippen LogP contribution >= 0.6 is 0 Å². The molecule has 0 radical (unpaired) electrons. The van der Waals surface area contributed by atoms with Crippen LogP contribution in [0.15, 0.2) is 11.0 Å². The summed E-state index contributed by atoms with van der Waals surface area (Å²) in [5, 5.41) is 7.71. The van der Waals surface area contributed by atoms with Crippen LogP contribution in [0.1, 0.15) is 35.9 Å². The topological polar surface area (TPSA) is 110 Å². The van der Waals surface area contributed by atoms with Gasteiger partial charge in [-0.25, -0.2) is 4.52 Å². The van der Waals surface area contributed by atoms with Gasteiger partial charge in [-0.1, -0.05) is 5.21 Å². The highest BCUT2D eigenvalue weighted by Gasteiger charge is 2.32. The maximum atomic E-state index is 12.7. The smallest absolute Gasteiger partial charge is 0.310 e. The number of piperidine rings is 1. The Hall–Kier alpha value is -2.71.